The number of rotatable bonds is 2. The molecular formula is C15H21N. The standard InChI is InChI=1S/C15H21N/c1-3-8-14(9-4-1)15(16-12-7-13-16)10-5-2-6-11-15/h1,3-4,8-9H,2,5-7,10-13H2. The lowest BCUT2D eigenvalue weighted by atomic mass is 9.74. The summed E-state index contributed by atoms with van der Waals surface area (Å²) in [6, 6.07) is 11.2. The molecule has 0 spiro atoms. The summed E-state index contributed by atoms with van der Waals surface area (Å²) in [5, 5.41) is 0. The molecule has 1 saturated carbocycles. The Morgan fingerprint density at radius 3 is 2.06 bits per heavy atom. The van der Waals surface area contributed by atoms with E-state index in [0.29, 0.717) is 5.54 Å². The van der Waals surface area contributed by atoms with E-state index in [4.69, 9.17) is 0 Å². The Morgan fingerprint density at radius 1 is 0.812 bits per heavy atom. The number of nitrogens with zero attached hydrogens (tertiary/aromatic N) is 1. The molecule has 16 heavy (non-hydrogen) atoms. The van der Waals surface area contributed by atoms with Gasteiger partial charge in [0.2, 0.25) is 0 Å². The maximum absolute atomic E-state index is 2.72. The van der Waals surface area contributed by atoms with E-state index < -0.39 is 0 Å². The number of hydrogen-bond donors (Lipinski definition) is 0. The minimum atomic E-state index is 0.401. The van der Waals surface area contributed by atoms with Crippen LogP contribution in [0.5, 0.6) is 0 Å². The van der Waals surface area contributed by atoms with Crippen molar-refractivity contribution in [1.82, 2.24) is 4.90 Å². The topological polar surface area (TPSA) is 3.24 Å². The zero-order valence-electron chi connectivity index (χ0n) is 9.99. The molecule has 0 atom stereocenters. The Kier molecular flexibility index (Phi) is 2.72. The number of hydrogen-bond acceptors (Lipinski definition) is 1. The average Bonchev–Trinajstić information content (AvgIpc) is 2.29. The second-order valence-electron chi connectivity index (χ2n) is 5.30. The summed E-state index contributed by atoms with van der Waals surface area (Å²) >= 11 is 0. The first kappa shape index (κ1) is 10.3. The van der Waals surface area contributed by atoms with Crippen LogP contribution in [-0.2, 0) is 5.54 Å². The molecule has 1 nitrogen and oxygen atoms in total. The Morgan fingerprint density at radius 2 is 1.50 bits per heavy atom. The molecule has 2 fully saturated rings. The Hall–Kier alpha value is -0.820. The zero-order valence-corrected chi connectivity index (χ0v) is 9.99. The molecular weight excluding hydrogens is 194 g/mol. The zero-order chi connectivity index (χ0) is 10.8. The van der Waals surface area contributed by atoms with Gasteiger partial charge in [-0.3, -0.25) is 4.90 Å². The summed E-state index contributed by atoms with van der Waals surface area (Å²) in [5.41, 5.74) is 1.96. The van der Waals surface area contributed by atoms with Gasteiger partial charge in [0.25, 0.3) is 0 Å². The van der Waals surface area contributed by atoms with E-state index >= 15 is 0 Å². The molecule has 0 unspecified atom stereocenters. The van der Waals surface area contributed by atoms with Gasteiger partial charge in [0.05, 0.1) is 0 Å². The van der Waals surface area contributed by atoms with E-state index in [9.17, 15) is 0 Å². The summed E-state index contributed by atoms with van der Waals surface area (Å²) in [6.07, 6.45) is 8.39. The first-order valence-corrected chi connectivity index (χ1v) is 6.72. The second-order valence-corrected chi connectivity index (χ2v) is 5.30. The molecule has 0 bridgehead atoms. The molecule has 1 aromatic carbocycles. The third-order valence-corrected chi connectivity index (χ3v) is 4.45. The molecule has 1 aliphatic carbocycles. The first-order valence-electron chi connectivity index (χ1n) is 6.72. The molecule has 1 heteroatoms. The van der Waals surface area contributed by atoms with Crippen LogP contribution in [0.2, 0.25) is 0 Å². The molecule has 0 radical (unpaired) electrons. The van der Waals surface area contributed by atoms with Crippen molar-refractivity contribution in [3.8, 4) is 0 Å². The van der Waals surface area contributed by atoms with Crippen LogP contribution in [0.1, 0.15) is 44.1 Å². The maximum Gasteiger partial charge on any atom is 0.0460 e. The minimum Gasteiger partial charge on any atom is -0.294 e. The second kappa shape index (κ2) is 4.21. The molecule has 1 saturated heterocycles. The highest BCUT2D eigenvalue weighted by molar-refractivity contribution is 5.26. The van der Waals surface area contributed by atoms with Gasteiger partial charge in [-0.05, 0) is 24.8 Å². The van der Waals surface area contributed by atoms with Crippen molar-refractivity contribution >= 4 is 0 Å². The summed E-state index contributed by atoms with van der Waals surface area (Å²) in [5.74, 6) is 0. The van der Waals surface area contributed by atoms with Gasteiger partial charge in [-0.2, -0.15) is 0 Å². The fraction of sp³-hybridized carbons (Fsp3) is 0.600. The Balaban J connectivity index is 1.94. The smallest absolute Gasteiger partial charge is 0.0460 e. The van der Waals surface area contributed by atoms with E-state index in [-0.39, 0.29) is 0 Å². The summed E-state index contributed by atoms with van der Waals surface area (Å²) in [7, 11) is 0. The van der Waals surface area contributed by atoms with Gasteiger partial charge in [0.15, 0.2) is 0 Å². The lowest BCUT2D eigenvalue weighted by Gasteiger charge is -2.51. The van der Waals surface area contributed by atoms with Gasteiger partial charge in [0.1, 0.15) is 0 Å². The van der Waals surface area contributed by atoms with Crippen LogP contribution in [-0.4, -0.2) is 18.0 Å². The van der Waals surface area contributed by atoms with Crippen molar-refractivity contribution in [2.45, 2.75) is 44.1 Å². The van der Waals surface area contributed by atoms with Crippen molar-refractivity contribution in [3.63, 3.8) is 0 Å². The summed E-state index contributed by atoms with van der Waals surface area (Å²) in [6.45, 7) is 2.63. The molecule has 86 valence electrons. The molecule has 0 N–H and O–H groups in total. The van der Waals surface area contributed by atoms with Crippen LogP contribution >= 0.6 is 0 Å². The van der Waals surface area contributed by atoms with Crippen molar-refractivity contribution in [2.24, 2.45) is 0 Å². The third kappa shape index (κ3) is 1.58. The maximum atomic E-state index is 2.72. The summed E-state index contributed by atoms with van der Waals surface area (Å²) < 4.78 is 0. The molecule has 2 aliphatic rings. The van der Waals surface area contributed by atoms with Gasteiger partial charge in [-0.1, -0.05) is 49.6 Å². The molecule has 0 amide bonds. The fourth-order valence-corrected chi connectivity index (χ4v) is 3.42. The average molecular weight is 215 g/mol. The lowest BCUT2D eigenvalue weighted by molar-refractivity contribution is -0.00279. The van der Waals surface area contributed by atoms with Crippen LogP contribution < -0.4 is 0 Å². The van der Waals surface area contributed by atoms with Crippen LogP contribution in [0.15, 0.2) is 30.3 Å². The molecule has 1 aromatic rings. The van der Waals surface area contributed by atoms with E-state index in [1.807, 2.05) is 0 Å². The van der Waals surface area contributed by atoms with E-state index in [0.717, 1.165) is 0 Å². The largest absolute Gasteiger partial charge is 0.294 e. The predicted molar refractivity (Wildman–Crippen MR) is 67.4 cm³/mol. The SMILES string of the molecule is c1ccc(C2(N3CCC3)CCCCC2)cc1. The van der Waals surface area contributed by atoms with Crippen molar-refractivity contribution in [3.05, 3.63) is 35.9 Å². The van der Waals surface area contributed by atoms with Gasteiger partial charge < -0.3 is 0 Å². The quantitative estimate of drug-likeness (QED) is 0.729. The highest BCUT2D eigenvalue weighted by Gasteiger charge is 2.41. The molecule has 3 rings (SSSR count). The lowest BCUT2D eigenvalue weighted by Crippen LogP contribution is -2.54. The summed E-state index contributed by atoms with van der Waals surface area (Å²) in [4.78, 5) is 2.72. The fourth-order valence-electron chi connectivity index (χ4n) is 3.42. The first-order chi connectivity index (χ1) is 7.92. The minimum absolute atomic E-state index is 0.401. The monoisotopic (exact) mass is 215 g/mol. The molecule has 1 aliphatic heterocycles. The van der Waals surface area contributed by atoms with Crippen LogP contribution in [0, 0.1) is 0 Å². The number of benzene rings is 1. The van der Waals surface area contributed by atoms with Gasteiger partial charge >= 0.3 is 0 Å². The highest BCUT2D eigenvalue weighted by atomic mass is 15.2. The highest BCUT2D eigenvalue weighted by Crippen LogP contribution is 2.44. The van der Waals surface area contributed by atoms with Crippen LogP contribution in [0.4, 0.5) is 0 Å². The van der Waals surface area contributed by atoms with Crippen molar-refractivity contribution in [2.75, 3.05) is 13.1 Å². The van der Waals surface area contributed by atoms with Crippen molar-refractivity contribution in [1.29, 1.82) is 0 Å². The molecule has 1 heterocycles. The number of likely N-dealkylation sites (tertiary alicyclic amines) is 1. The van der Waals surface area contributed by atoms with Crippen LogP contribution in [0.25, 0.3) is 0 Å². The Labute approximate surface area is 98.5 Å². The third-order valence-electron chi connectivity index (χ3n) is 4.45. The van der Waals surface area contributed by atoms with Gasteiger partial charge in [-0.25, -0.2) is 0 Å². The van der Waals surface area contributed by atoms with E-state index in [2.05, 4.69) is 35.2 Å². The van der Waals surface area contributed by atoms with E-state index in [1.165, 1.54) is 51.6 Å². The van der Waals surface area contributed by atoms with E-state index in [1.54, 1.807) is 5.56 Å². The van der Waals surface area contributed by atoms with Gasteiger partial charge in [0, 0.05) is 18.6 Å². The van der Waals surface area contributed by atoms with Gasteiger partial charge in [-0.15, -0.1) is 0 Å². The molecule has 0 aromatic heterocycles. The Bertz CT molecular complexity index is 334. The predicted octanol–water partition coefficient (Wildman–Crippen LogP) is 3.55. The normalized spacial score (nSPS) is 25.0. The van der Waals surface area contributed by atoms with Crippen molar-refractivity contribution < 1.29 is 0 Å². The van der Waals surface area contributed by atoms with Crippen LogP contribution in [0.3, 0.4) is 0 Å².